The van der Waals surface area contributed by atoms with Gasteiger partial charge in [0, 0.05) is 54.5 Å². The summed E-state index contributed by atoms with van der Waals surface area (Å²) >= 11 is 12.3. The van der Waals surface area contributed by atoms with E-state index in [-0.39, 0.29) is 30.0 Å². The van der Waals surface area contributed by atoms with Crippen LogP contribution in [0.15, 0.2) is 41.7 Å². The number of piperazine rings is 1. The fourth-order valence-electron chi connectivity index (χ4n) is 3.30. The maximum atomic E-state index is 6.30. The predicted octanol–water partition coefficient (Wildman–Crippen LogP) is 3.39. The van der Waals surface area contributed by atoms with Gasteiger partial charge in [-0.05, 0) is 30.2 Å². The molecule has 0 spiro atoms. The van der Waals surface area contributed by atoms with Gasteiger partial charge in [-0.25, -0.2) is 15.0 Å². The molecule has 0 amide bonds. The highest BCUT2D eigenvalue weighted by Crippen LogP contribution is 2.46. The Morgan fingerprint density at radius 1 is 1.11 bits per heavy atom. The third-order valence-electron chi connectivity index (χ3n) is 4.86. The highest BCUT2D eigenvalue weighted by Gasteiger charge is 2.40. The molecule has 2 atom stereocenters. The first-order valence-electron chi connectivity index (χ1n) is 8.67. The molecule has 2 aliphatic rings. The van der Waals surface area contributed by atoms with Crippen molar-refractivity contribution in [3.05, 3.63) is 52.3 Å². The highest BCUT2D eigenvalue weighted by molar-refractivity contribution is 14.0. The maximum absolute atomic E-state index is 6.30. The normalized spacial score (nSPS) is 22.4. The van der Waals surface area contributed by atoms with Crippen LogP contribution in [0, 0.1) is 0 Å². The first-order chi connectivity index (χ1) is 12.6. The van der Waals surface area contributed by atoms with E-state index < -0.39 is 0 Å². The fraction of sp³-hybridized carbons (Fsp3) is 0.389. The Morgan fingerprint density at radius 2 is 1.81 bits per heavy atom. The van der Waals surface area contributed by atoms with E-state index in [4.69, 9.17) is 33.9 Å². The van der Waals surface area contributed by atoms with E-state index in [1.54, 1.807) is 18.5 Å². The van der Waals surface area contributed by atoms with Crippen molar-refractivity contribution >= 4 is 59.1 Å². The lowest BCUT2D eigenvalue weighted by molar-refractivity contribution is 0.378. The van der Waals surface area contributed by atoms with Crippen LogP contribution in [0.25, 0.3) is 0 Å². The van der Waals surface area contributed by atoms with Gasteiger partial charge in [-0.15, -0.1) is 24.0 Å². The SMILES string of the molecule is I.NC(=N[C@@H]1C[C@H]1c1ccc(Cl)cc1Cl)N1CCN(c2ncccn2)CC1. The summed E-state index contributed by atoms with van der Waals surface area (Å²) in [5.41, 5.74) is 7.35. The largest absolute Gasteiger partial charge is 0.370 e. The second kappa shape index (κ2) is 8.79. The van der Waals surface area contributed by atoms with E-state index in [0.717, 1.165) is 44.1 Å². The number of guanidine groups is 1. The van der Waals surface area contributed by atoms with Crippen LogP contribution in [0.3, 0.4) is 0 Å². The van der Waals surface area contributed by atoms with Crippen LogP contribution in [0.2, 0.25) is 10.0 Å². The van der Waals surface area contributed by atoms with Gasteiger partial charge < -0.3 is 15.5 Å². The van der Waals surface area contributed by atoms with Gasteiger partial charge in [0.1, 0.15) is 0 Å². The quantitative estimate of drug-likeness (QED) is 0.383. The lowest BCUT2D eigenvalue weighted by Crippen LogP contribution is -2.51. The van der Waals surface area contributed by atoms with E-state index in [0.29, 0.717) is 21.9 Å². The number of halogens is 3. The molecule has 0 unspecified atom stereocenters. The molecule has 1 saturated carbocycles. The van der Waals surface area contributed by atoms with Crippen LogP contribution in [0.5, 0.6) is 0 Å². The third kappa shape index (κ3) is 4.75. The minimum absolute atomic E-state index is 0. The van der Waals surface area contributed by atoms with Crippen molar-refractivity contribution in [2.24, 2.45) is 10.7 Å². The molecule has 1 aromatic heterocycles. The molecule has 1 aliphatic heterocycles. The summed E-state index contributed by atoms with van der Waals surface area (Å²) in [6.45, 7) is 3.29. The van der Waals surface area contributed by atoms with E-state index in [2.05, 4.69) is 19.8 Å². The number of benzene rings is 1. The summed E-state index contributed by atoms with van der Waals surface area (Å²) < 4.78 is 0. The summed E-state index contributed by atoms with van der Waals surface area (Å²) in [4.78, 5) is 17.6. The lowest BCUT2D eigenvalue weighted by atomic mass is 10.1. The smallest absolute Gasteiger partial charge is 0.225 e. The van der Waals surface area contributed by atoms with Crippen LogP contribution in [-0.2, 0) is 0 Å². The average molecular weight is 519 g/mol. The molecule has 9 heteroatoms. The lowest BCUT2D eigenvalue weighted by Gasteiger charge is -2.35. The summed E-state index contributed by atoms with van der Waals surface area (Å²) in [7, 11) is 0. The Bertz CT molecular complexity index is 811. The summed E-state index contributed by atoms with van der Waals surface area (Å²) in [6, 6.07) is 7.66. The minimum atomic E-state index is 0. The highest BCUT2D eigenvalue weighted by atomic mass is 127. The van der Waals surface area contributed by atoms with E-state index >= 15 is 0 Å². The Hall–Kier alpha value is -1.32. The first-order valence-corrected chi connectivity index (χ1v) is 9.42. The monoisotopic (exact) mass is 518 g/mol. The number of nitrogens with two attached hydrogens (primary N) is 1. The molecule has 4 rings (SSSR count). The second-order valence-electron chi connectivity index (χ2n) is 6.59. The van der Waals surface area contributed by atoms with E-state index in [9.17, 15) is 0 Å². The van der Waals surface area contributed by atoms with Crippen molar-refractivity contribution < 1.29 is 0 Å². The van der Waals surface area contributed by atoms with Gasteiger partial charge in [0.15, 0.2) is 5.96 Å². The zero-order chi connectivity index (χ0) is 18.1. The third-order valence-corrected chi connectivity index (χ3v) is 5.42. The number of anilines is 1. The Morgan fingerprint density at radius 3 is 2.48 bits per heavy atom. The molecular weight excluding hydrogens is 498 g/mol. The fourth-order valence-corrected chi connectivity index (χ4v) is 3.85. The van der Waals surface area contributed by atoms with Crippen LogP contribution in [0.4, 0.5) is 5.95 Å². The van der Waals surface area contributed by atoms with Crippen molar-refractivity contribution in [3.63, 3.8) is 0 Å². The Labute approximate surface area is 185 Å². The number of hydrogen-bond donors (Lipinski definition) is 1. The Balaban J connectivity index is 0.00000210. The summed E-state index contributed by atoms with van der Waals surface area (Å²) in [5, 5.41) is 1.36. The van der Waals surface area contributed by atoms with E-state index in [1.165, 1.54) is 0 Å². The van der Waals surface area contributed by atoms with Gasteiger partial charge in [-0.1, -0.05) is 29.3 Å². The zero-order valence-corrected chi connectivity index (χ0v) is 18.5. The van der Waals surface area contributed by atoms with Gasteiger partial charge in [-0.3, -0.25) is 0 Å². The summed E-state index contributed by atoms with van der Waals surface area (Å²) in [6.07, 6.45) is 4.50. The van der Waals surface area contributed by atoms with E-state index in [1.807, 2.05) is 18.2 Å². The molecular formula is C18H21Cl2IN6. The average Bonchev–Trinajstić information content (AvgIpc) is 3.41. The van der Waals surface area contributed by atoms with Crippen LogP contribution < -0.4 is 10.6 Å². The number of rotatable bonds is 3. The molecule has 1 aromatic carbocycles. The van der Waals surface area contributed by atoms with Crippen molar-refractivity contribution in [1.29, 1.82) is 0 Å². The molecule has 144 valence electrons. The minimum Gasteiger partial charge on any atom is -0.370 e. The molecule has 0 radical (unpaired) electrons. The van der Waals surface area contributed by atoms with Crippen LogP contribution in [0.1, 0.15) is 17.9 Å². The number of hydrogen-bond acceptors (Lipinski definition) is 4. The number of nitrogens with zero attached hydrogens (tertiary/aromatic N) is 5. The van der Waals surface area contributed by atoms with Crippen molar-refractivity contribution in [3.8, 4) is 0 Å². The zero-order valence-electron chi connectivity index (χ0n) is 14.6. The summed E-state index contributed by atoms with van der Waals surface area (Å²) in [5.74, 6) is 1.70. The number of aromatic nitrogens is 2. The maximum Gasteiger partial charge on any atom is 0.225 e. The molecule has 2 aromatic rings. The molecule has 0 bridgehead atoms. The standard InChI is InChI=1S/C18H20Cl2N6.HI/c19-12-2-3-13(15(20)10-12)14-11-16(14)24-17(21)25-6-8-26(9-7-25)18-22-4-1-5-23-18;/h1-5,10,14,16H,6-9,11H2,(H2,21,24);1H/t14-,16+;/m0./s1. The van der Waals surface area contributed by atoms with Gasteiger partial charge in [0.2, 0.25) is 5.95 Å². The van der Waals surface area contributed by atoms with Gasteiger partial charge in [0.05, 0.1) is 6.04 Å². The molecule has 6 nitrogen and oxygen atoms in total. The van der Waals surface area contributed by atoms with Crippen LogP contribution >= 0.6 is 47.2 Å². The molecule has 2 N–H and O–H groups in total. The van der Waals surface area contributed by atoms with Gasteiger partial charge in [0.25, 0.3) is 0 Å². The topological polar surface area (TPSA) is 70.6 Å². The van der Waals surface area contributed by atoms with Crippen molar-refractivity contribution in [2.45, 2.75) is 18.4 Å². The molecule has 2 heterocycles. The second-order valence-corrected chi connectivity index (χ2v) is 7.43. The van der Waals surface area contributed by atoms with Gasteiger partial charge >= 0.3 is 0 Å². The Kier molecular flexibility index (Phi) is 6.65. The molecule has 1 aliphatic carbocycles. The molecule has 27 heavy (non-hydrogen) atoms. The number of aliphatic imine (C=N–C) groups is 1. The van der Waals surface area contributed by atoms with Crippen LogP contribution in [-0.4, -0.2) is 53.0 Å². The molecule has 1 saturated heterocycles. The van der Waals surface area contributed by atoms with Crippen molar-refractivity contribution in [2.75, 3.05) is 31.1 Å². The van der Waals surface area contributed by atoms with Crippen molar-refractivity contribution in [1.82, 2.24) is 14.9 Å². The molecule has 2 fully saturated rings. The van der Waals surface area contributed by atoms with Gasteiger partial charge in [-0.2, -0.15) is 0 Å². The predicted molar refractivity (Wildman–Crippen MR) is 120 cm³/mol. The first kappa shape index (κ1) is 20.4.